The van der Waals surface area contributed by atoms with E-state index in [1.807, 2.05) is 36.4 Å². The summed E-state index contributed by atoms with van der Waals surface area (Å²) in [5.41, 5.74) is 7.91. The maximum atomic E-state index is 13.5. The highest BCUT2D eigenvalue weighted by molar-refractivity contribution is 7.90. The maximum absolute atomic E-state index is 13.5. The molecule has 1 saturated carbocycles. The van der Waals surface area contributed by atoms with Crippen LogP contribution in [0.25, 0.3) is 11.1 Å². The Morgan fingerprint density at radius 1 is 1.00 bits per heavy atom. The van der Waals surface area contributed by atoms with E-state index in [0.717, 1.165) is 54.2 Å². The van der Waals surface area contributed by atoms with Crippen LogP contribution < -0.4 is 10.9 Å². The average Bonchev–Trinajstić information content (AvgIpc) is 3.72. The van der Waals surface area contributed by atoms with Gasteiger partial charge in [0.2, 0.25) is 5.91 Å². The second-order valence-corrected chi connectivity index (χ2v) is 14.7. The van der Waals surface area contributed by atoms with E-state index in [1.54, 1.807) is 12.1 Å². The van der Waals surface area contributed by atoms with Gasteiger partial charge >= 0.3 is 6.16 Å². The van der Waals surface area contributed by atoms with Crippen molar-refractivity contribution in [2.24, 2.45) is 11.0 Å². The number of ether oxygens (including phenoxy) is 1. The summed E-state index contributed by atoms with van der Waals surface area (Å²) in [6, 6.07) is 20.8. The van der Waals surface area contributed by atoms with Crippen molar-refractivity contribution in [3.05, 3.63) is 107 Å². The summed E-state index contributed by atoms with van der Waals surface area (Å²) in [6.07, 6.45) is 9.85. The predicted molar refractivity (Wildman–Crippen MR) is 186 cm³/mol. The number of hydrazone groups is 1. The number of rotatable bonds is 12. The molecule has 0 saturated heterocycles. The number of sulfone groups is 1. The summed E-state index contributed by atoms with van der Waals surface area (Å²) >= 11 is 6.32. The van der Waals surface area contributed by atoms with Crippen LogP contribution in [0.5, 0.6) is 0 Å². The van der Waals surface area contributed by atoms with Crippen LogP contribution in [0.1, 0.15) is 66.3 Å². The minimum absolute atomic E-state index is 0.0296. The lowest BCUT2D eigenvalue weighted by Crippen LogP contribution is -2.24. The molecule has 11 nitrogen and oxygen atoms in total. The molecule has 49 heavy (non-hydrogen) atoms. The highest BCUT2D eigenvalue weighted by Gasteiger charge is 2.30. The molecule has 4 aromatic rings. The minimum atomic E-state index is -3.50. The number of hydrogen-bond donors (Lipinski definition) is 2. The van der Waals surface area contributed by atoms with E-state index >= 15 is 0 Å². The third-order valence-electron chi connectivity index (χ3n) is 8.98. The molecule has 254 valence electrons. The van der Waals surface area contributed by atoms with Gasteiger partial charge in [0.25, 0.3) is 0 Å². The normalized spacial score (nSPS) is 15.1. The van der Waals surface area contributed by atoms with Gasteiger partial charge in [-0.15, -0.1) is 5.59 Å². The number of nitrogens with one attached hydrogen (secondary N) is 2. The molecule has 0 unspecified atom stereocenters. The number of aromatic nitrogens is 2. The van der Waals surface area contributed by atoms with E-state index in [0.29, 0.717) is 23.6 Å². The van der Waals surface area contributed by atoms with Gasteiger partial charge in [-0.1, -0.05) is 91.9 Å². The number of nitrogens with zero attached hydrogens (tertiary/aromatic N) is 3. The quantitative estimate of drug-likeness (QED) is 0.0920. The highest BCUT2D eigenvalue weighted by atomic mass is 35.5. The Bertz CT molecular complexity index is 1920. The number of amides is 1. The zero-order valence-electron chi connectivity index (χ0n) is 26.8. The summed E-state index contributed by atoms with van der Waals surface area (Å²) in [5, 5.41) is 6.82. The molecule has 2 N–H and O–H groups in total. The lowest BCUT2D eigenvalue weighted by Gasteiger charge is -2.21. The molecule has 0 radical (unpaired) electrons. The Kier molecular flexibility index (Phi) is 10.5. The third-order valence-corrected chi connectivity index (χ3v) is 10.6. The Hall–Kier alpha value is -4.81. The van der Waals surface area contributed by atoms with Crippen LogP contribution in [0.3, 0.4) is 0 Å². The van der Waals surface area contributed by atoms with Crippen molar-refractivity contribution in [2.75, 3.05) is 18.2 Å². The molecule has 1 atom stereocenters. The molecule has 1 aromatic heterocycles. The first-order chi connectivity index (χ1) is 23.7. The molecular formula is C36H36ClN5O6S. The number of halogens is 1. The smallest absolute Gasteiger partial charge is 0.432 e. The fourth-order valence-corrected chi connectivity index (χ4v) is 7.94. The molecule has 1 amide bonds. The lowest BCUT2D eigenvalue weighted by atomic mass is 9.87. The first-order valence-electron chi connectivity index (χ1n) is 16.1. The number of benzene rings is 3. The van der Waals surface area contributed by atoms with Gasteiger partial charge in [-0.3, -0.25) is 14.6 Å². The number of anilines is 1. The molecule has 2 aliphatic rings. The SMILES string of the molecule is CS(=O)(=O)c1ccc([C@@H](CC2CCCC2)C(=O)Nc2cnc(CC=NNOC(=O)OCC3c4ccccc4-c4ccccc43)cn2)cc1Cl. The maximum Gasteiger partial charge on any atom is 0.534 e. The van der Waals surface area contributed by atoms with E-state index in [4.69, 9.17) is 21.2 Å². The van der Waals surface area contributed by atoms with Crippen LogP contribution in [0.4, 0.5) is 10.6 Å². The van der Waals surface area contributed by atoms with Crippen molar-refractivity contribution in [3.63, 3.8) is 0 Å². The summed E-state index contributed by atoms with van der Waals surface area (Å²) < 4.78 is 29.5. The lowest BCUT2D eigenvalue weighted by molar-refractivity contribution is -0.118. The summed E-state index contributed by atoms with van der Waals surface area (Å²) in [6.45, 7) is 0.126. The van der Waals surface area contributed by atoms with Crippen LogP contribution in [-0.4, -0.2) is 49.5 Å². The Morgan fingerprint density at radius 3 is 2.33 bits per heavy atom. The third kappa shape index (κ3) is 8.26. The van der Waals surface area contributed by atoms with Gasteiger partial charge in [0.1, 0.15) is 6.61 Å². The van der Waals surface area contributed by atoms with E-state index in [-0.39, 0.29) is 40.6 Å². The van der Waals surface area contributed by atoms with Crippen molar-refractivity contribution in [2.45, 2.75) is 55.3 Å². The first-order valence-corrected chi connectivity index (χ1v) is 18.3. The number of carbonyl (C=O) groups is 2. The van der Waals surface area contributed by atoms with Crippen molar-refractivity contribution in [1.29, 1.82) is 0 Å². The number of hydrogen-bond acceptors (Lipinski definition) is 10. The number of carbonyl (C=O) groups excluding carboxylic acids is 2. The zero-order chi connectivity index (χ0) is 34.4. The van der Waals surface area contributed by atoms with Gasteiger partial charge in [0.15, 0.2) is 15.7 Å². The Balaban J connectivity index is 0.986. The fraction of sp³-hybridized carbons (Fsp3) is 0.306. The fourth-order valence-electron chi connectivity index (χ4n) is 6.61. The van der Waals surface area contributed by atoms with Crippen LogP contribution in [0, 0.1) is 5.92 Å². The summed E-state index contributed by atoms with van der Waals surface area (Å²) in [4.78, 5) is 39.3. The van der Waals surface area contributed by atoms with Crippen LogP contribution in [-0.2, 0) is 30.6 Å². The van der Waals surface area contributed by atoms with Crippen LogP contribution in [0.2, 0.25) is 5.02 Å². The molecule has 1 heterocycles. The monoisotopic (exact) mass is 701 g/mol. The standard InChI is InChI=1S/C36H36ClN5O6S/c1-49(45,46)33-15-14-24(19-32(33)37)30(18-23-8-2-3-9-23)35(43)41-34-21-38-25(20-39-34)16-17-40-42-48-36(44)47-22-31-28-12-6-4-10-26(28)27-11-5-7-13-29(27)31/h4-7,10-15,17,19-21,23,30-31,42H,2-3,8-9,16,18,22H2,1H3,(H,39,41,43)/t30-/m1/s1. The summed E-state index contributed by atoms with van der Waals surface area (Å²) in [7, 11) is -3.50. The van der Waals surface area contributed by atoms with Gasteiger partial charge in [-0.25, -0.2) is 18.2 Å². The van der Waals surface area contributed by atoms with E-state index in [1.165, 1.54) is 24.7 Å². The average molecular weight is 702 g/mol. The van der Waals surface area contributed by atoms with E-state index < -0.39 is 21.9 Å². The van der Waals surface area contributed by atoms with Gasteiger partial charge in [-0.2, -0.15) is 5.10 Å². The van der Waals surface area contributed by atoms with E-state index in [9.17, 15) is 18.0 Å². The molecule has 2 aliphatic carbocycles. The van der Waals surface area contributed by atoms with Crippen molar-refractivity contribution >= 4 is 45.5 Å². The molecule has 6 rings (SSSR count). The number of fused-ring (bicyclic) bond motifs is 3. The van der Waals surface area contributed by atoms with Gasteiger partial charge in [0, 0.05) is 24.8 Å². The van der Waals surface area contributed by atoms with Crippen molar-refractivity contribution < 1.29 is 27.6 Å². The van der Waals surface area contributed by atoms with Crippen molar-refractivity contribution in [3.8, 4) is 11.1 Å². The largest absolute Gasteiger partial charge is 0.534 e. The molecule has 0 aliphatic heterocycles. The van der Waals surface area contributed by atoms with Crippen LogP contribution in [0.15, 0.2) is 89.1 Å². The molecule has 13 heteroatoms. The Morgan fingerprint density at radius 2 is 1.69 bits per heavy atom. The topological polar surface area (TPSA) is 149 Å². The van der Waals surface area contributed by atoms with E-state index in [2.05, 4.69) is 38.1 Å². The molecular weight excluding hydrogens is 666 g/mol. The summed E-state index contributed by atoms with van der Waals surface area (Å²) in [5.74, 6) is -0.227. The predicted octanol–water partition coefficient (Wildman–Crippen LogP) is 6.83. The second-order valence-electron chi connectivity index (χ2n) is 12.3. The molecule has 1 fully saturated rings. The molecule has 0 spiro atoms. The Labute approximate surface area is 290 Å². The van der Waals surface area contributed by atoms with Gasteiger partial charge < -0.3 is 10.1 Å². The molecule has 0 bridgehead atoms. The highest BCUT2D eigenvalue weighted by Crippen LogP contribution is 2.44. The van der Waals surface area contributed by atoms with Gasteiger partial charge in [-0.05, 0) is 52.3 Å². The second kappa shape index (κ2) is 15.2. The van der Waals surface area contributed by atoms with Gasteiger partial charge in [0.05, 0.1) is 33.9 Å². The van der Waals surface area contributed by atoms with Crippen molar-refractivity contribution in [1.82, 2.24) is 15.6 Å². The zero-order valence-corrected chi connectivity index (χ0v) is 28.4. The first kappa shape index (κ1) is 34.1. The van der Waals surface area contributed by atoms with Crippen LogP contribution >= 0.6 is 11.6 Å². The molecule has 3 aromatic carbocycles. The minimum Gasteiger partial charge on any atom is -0.432 e.